The molecule has 122 valence electrons. The van der Waals surface area contributed by atoms with Crippen molar-refractivity contribution in [2.45, 2.75) is 33.6 Å². The topological polar surface area (TPSA) is 35.5 Å². The Labute approximate surface area is 138 Å². The number of hydrogen-bond acceptors (Lipinski definition) is 3. The maximum atomic E-state index is 12.1. The summed E-state index contributed by atoms with van der Waals surface area (Å²) in [6.45, 7) is 7.10. The Kier molecular flexibility index (Phi) is 6.21. The predicted octanol–water partition coefficient (Wildman–Crippen LogP) is 4.89. The highest BCUT2D eigenvalue weighted by Gasteiger charge is 2.09. The second-order valence-corrected chi connectivity index (χ2v) is 5.94. The summed E-state index contributed by atoms with van der Waals surface area (Å²) in [5, 5.41) is 0. The largest absolute Gasteiger partial charge is 0.494 e. The molecule has 2 aromatic carbocycles. The van der Waals surface area contributed by atoms with E-state index < -0.39 is 0 Å². The number of rotatable bonds is 7. The molecule has 0 amide bonds. The first-order chi connectivity index (χ1) is 11.1. The fraction of sp³-hybridized carbons (Fsp3) is 0.350. The maximum absolute atomic E-state index is 12.1. The molecule has 0 aliphatic carbocycles. The first-order valence-corrected chi connectivity index (χ1v) is 8.12. The lowest BCUT2D eigenvalue weighted by Gasteiger charge is -2.09. The molecule has 2 aromatic rings. The van der Waals surface area contributed by atoms with Gasteiger partial charge in [-0.05, 0) is 60.7 Å². The van der Waals surface area contributed by atoms with Crippen molar-refractivity contribution >= 4 is 5.97 Å². The maximum Gasteiger partial charge on any atom is 0.343 e. The number of carbonyl (C=O) groups excluding carboxylic acids is 1. The van der Waals surface area contributed by atoms with Gasteiger partial charge in [-0.15, -0.1) is 0 Å². The number of benzene rings is 2. The molecule has 0 fully saturated rings. The average molecular weight is 312 g/mol. The van der Waals surface area contributed by atoms with Gasteiger partial charge in [0, 0.05) is 0 Å². The van der Waals surface area contributed by atoms with Crippen LogP contribution in [0.1, 0.15) is 43.1 Å². The van der Waals surface area contributed by atoms with Gasteiger partial charge >= 0.3 is 5.97 Å². The minimum absolute atomic E-state index is 0.358. The van der Waals surface area contributed by atoms with Gasteiger partial charge in [0.2, 0.25) is 0 Å². The van der Waals surface area contributed by atoms with Crippen molar-refractivity contribution in [3.63, 3.8) is 0 Å². The molecule has 0 N–H and O–H groups in total. The van der Waals surface area contributed by atoms with E-state index in [4.69, 9.17) is 9.47 Å². The zero-order chi connectivity index (χ0) is 16.7. The lowest BCUT2D eigenvalue weighted by atomic mass is 10.1. The summed E-state index contributed by atoms with van der Waals surface area (Å²) in [4.78, 5) is 12.1. The molecule has 0 aromatic heterocycles. The molecule has 2 rings (SSSR count). The molecule has 3 nitrogen and oxygen atoms in total. The van der Waals surface area contributed by atoms with Crippen molar-refractivity contribution in [3.05, 3.63) is 59.7 Å². The first kappa shape index (κ1) is 17.1. The Bertz CT molecular complexity index is 612. The molecular weight excluding hydrogens is 288 g/mol. The van der Waals surface area contributed by atoms with Gasteiger partial charge < -0.3 is 9.47 Å². The molecule has 0 saturated carbocycles. The van der Waals surface area contributed by atoms with Crippen LogP contribution in [0.3, 0.4) is 0 Å². The number of ether oxygens (including phenoxy) is 2. The predicted molar refractivity (Wildman–Crippen MR) is 92.2 cm³/mol. The smallest absolute Gasteiger partial charge is 0.343 e. The Morgan fingerprint density at radius 1 is 0.957 bits per heavy atom. The third-order valence-electron chi connectivity index (χ3n) is 3.60. The van der Waals surface area contributed by atoms with Crippen LogP contribution in [0.15, 0.2) is 48.5 Å². The Morgan fingerprint density at radius 3 is 2.13 bits per heavy atom. The molecule has 0 heterocycles. The highest BCUT2D eigenvalue weighted by atomic mass is 16.5. The van der Waals surface area contributed by atoms with Crippen LogP contribution in [0.2, 0.25) is 0 Å². The second kappa shape index (κ2) is 8.37. The molecule has 23 heavy (non-hydrogen) atoms. The van der Waals surface area contributed by atoms with Gasteiger partial charge in [-0.3, -0.25) is 0 Å². The Balaban J connectivity index is 1.91. The van der Waals surface area contributed by atoms with Crippen molar-refractivity contribution in [1.29, 1.82) is 0 Å². The van der Waals surface area contributed by atoms with E-state index in [9.17, 15) is 4.79 Å². The molecule has 0 saturated heterocycles. The van der Waals surface area contributed by atoms with Crippen LogP contribution in [0.25, 0.3) is 0 Å². The standard InChI is InChI=1S/C20H24O3/c1-4-16-5-9-19(10-6-16)23-20(21)17-7-11-18(12-8-17)22-14-13-15(2)3/h5-12,15H,4,13-14H2,1-3H3. The fourth-order valence-electron chi connectivity index (χ4n) is 2.06. The zero-order valence-corrected chi connectivity index (χ0v) is 14.0. The van der Waals surface area contributed by atoms with E-state index in [1.807, 2.05) is 24.3 Å². The molecule has 0 atom stereocenters. The van der Waals surface area contributed by atoms with Crippen LogP contribution in [0.5, 0.6) is 11.5 Å². The molecule has 0 radical (unpaired) electrons. The number of carbonyl (C=O) groups is 1. The van der Waals surface area contributed by atoms with Crippen LogP contribution in [0, 0.1) is 5.92 Å². The summed E-state index contributed by atoms with van der Waals surface area (Å²) >= 11 is 0. The van der Waals surface area contributed by atoms with Gasteiger partial charge in [0.15, 0.2) is 0 Å². The average Bonchev–Trinajstić information content (AvgIpc) is 2.56. The number of hydrogen-bond donors (Lipinski definition) is 0. The minimum atomic E-state index is -0.358. The second-order valence-electron chi connectivity index (χ2n) is 5.94. The highest BCUT2D eigenvalue weighted by molar-refractivity contribution is 5.91. The SMILES string of the molecule is CCc1ccc(OC(=O)c2ccc(OCCC(C)C)cc2)cc1. The Morgan fingerprint density at radius 2 is 1.57 bits per heavy atom. The van der Waals surface area contributed by atoms with Crippen LogP contribution < -0.4 is 9.47 Å². The number of esters is 1. The van der Waals surface area contributed by atoms with Crippen molar-refractivity contribution in [2.24, 2.45) is 5.92 Å². The summed E-state index contributed by atoms with van der Waals surface area (Å²) in [7, 11) is 0. The van der Waals surface area contributed by atoms with E-state index in [-0.39, 0.29) is 5.97 Å². The molecule has 3 heteroatoms. The van der Waals surface area contributed by atoms with E-state index >= 15 is 0 Å². The van der Waals surface area contributed by atoms with E-state index in [0.29, 0.717) is 23.8 Å². The van der Waals surface area contributed by atoms with Gasteiger partial charge in [-0.1, -0.05) is 32.9 Å². The summed E-state index contributed by atoms with van der Waals surface area (Å²) in [6.07, 6.45) is 1.98. The van der Waals surface area contributed by atoms with Gasteiger partial charge in [0.25, 0.3) is 0 Å². The molecular formula is C20H24O3. The Hall–Kier alpha value is -2.29. The highest BCUT2D eigenvalue weighted by Crippen LogP contribution is 2.17. The van der Waals surface area contributed by atoms with E-state index in [2.05, 4.69) is 20.8 Å². The third-order valence-corrected chi connectivity index (χ3v) is 3.60. The minimum Gasteiger partial charge on any atom is -0.494 e. The third kappa shape index (κ3) is 5.44. The van der Waals surface area contributed by atoms with Crippen molar-refractivity contribution < 1.29 is 14.3 Å². The molecule has 0 aliphatic rings. The fourth-order valence-corrected chi connectivity index (χ4v) is 2.06. The van der Waals surface area contributed by atoms with E-state index in [0.717, 1.165) is 18.6 Å². The zero-order valence-electron chi connectivity index (χ0n) is 14.0. The van der Waals surface area contributed by atoms with Crippen LogP contribution >= 0.6 is 0 Å². The lowest BCUT2D eigenvalue weighted by Crippen LogP contribution is -2.08. The summed E-state index contributed by atoms with van der Waals surface area (Å²) in [5.41, 5.74) is 1.73. The molecule has 0 aliphatic heterocycles. The van der Waals surface area contributed by atoms with Gasteiger partial charge in [-0.2, -0.15) is 0 Å². The van der Waals surface area contributed by atoms with Crippen molar-refractivity contribution in [3.8, 4) is 11.5 Å². The normalized spacial score (nSPS) is 10.6. The quantitative estimate of drug-likeness (QED) is 0.539. The van der Waals surface area contributed by atoms with Crippen molar-refractivity contribution in [2.75, 3.05) is 6.61 Å². The monoisotopic (exact) mass is 312 g/mol. The number of aryl methyl sites for hydroxylation is 1. The van der Waals surface area contributed by atoms with Crippen molar-refractivity contribution in [1.82, 2.24) is 0 Å². The van der Waals surface area contributed by atoms with Crippen LogP contribution in [-0.2, 0) is 6.42 Å². The summed E-state index contributed by atoms with van der Waals surface area (Å²) in [5.74, 6) is 1.59. The molecule has 0 bridgehead atoms. The molecule has 0 spiro atoms. The molecule has 0 unspecified atom stereocenters. The van der Waals surface area contributed by atoms with Gasteiger partial charge in [0.05, 0.1) is 12.2 Å². The first-order valence-electron chi connectivity index (χ1n) is 8.12. The van der Waals surface area contributed by atoms with Crippen LogP contribution in [0.4, 0.5) is 0 Å². The van der Waals surface area contributed by atoms with E-state index in [1.54, 1.807) is 24.3 Å². The van der Waals surface area contributed by atoms with Crippen LogP contribution in [-0.4, -0.2) is 12.6 Å². The summed E-state index contributed by atoms with van der Waals surface area (Å²) < 4.78 is 11.0. The van der Waals surface area contributed by atoms with E-state index in [1.165, 1.54) is 5.56 Å². The van der Waals surface area contributed by atoms with Gasteiger partial charge in [-0.25, -0.2) is 4.79 Å². The summed E-state index contributed by atoms with van der Waals surface area (Å²) in [6, 6.07) is 14.6. The van der Waals surface area contributed by atoms with Gasteiger partial charge in [0.1, 0.15) is 11.5 Å². The lowest BCUT2D eigenvalue weighted by molar-refractivity contribution is 0.0734.